The first-order chi connectivity index (χ1) is 11.6. The zero-order chi connectivity index (χ0) is 17.9. The van der Waals surface area contributed by atoms with Crippen molar-refractivity contribution in [1.29, 1.82) is 0 Å². The molecule has 6 N–H and O–H groups in total. The Labute approximate surface area is 144 Å². The molecule has 0 saturated carbocycles. The van der Waals surface area contributed by atoms with Gasteiger partial charge in [-0.2, -0.15) is 11.1 Å². The number of hydrogen-bond acceptors (Lipinski definition) is 5. The summed E-state index contributed by atoms with van der Waals surface area (Å²) in [6.45, 7) is 0.788. The molecule has 0 bridgehead atoms. The van der Waals surface area contributed by atoms with Crippen LogP contribution in [0.1, 0.15) is 83.5 Å². The first kappa shape index (κ1) is 22.6. The number of hydrazine groups is 3. The lowest BCUT2D eigenvalue weighted by molar-refractivity contribution is -0.137. The topological polar surface area (TPSA) is 123 Å². The van der Waals surface area contributed by atoms with Crippen molar-refractivity contribution >= 4 is 12.1 Å². The second-order valence-electron chi connectivity index (χ2n) is 5.99. The number of unbranched alkanes of at least 4 members (excludes halogenated alkanes) is 11. The summed E-state index contributed by atoms with van der Waals surface area (Å²) in [6, 6.07) is 0. The maximum absolute atomic E-state index is 10.4. The lowest BCUT2D eigenvalue weighted by Gasteiger charge is -2.07. The van der Waals surface area contributed by atoms with E-state index in [1.807, 2.05) is 5.43 Å². The van der Waals surface area contributed by atoms with Gasteiger partial charge in [-0.25, -0.2) is 15.6 Å². The van der Waals surface area contributed by atoms with Gasteiger partial charge in [0.05, 0.1) is 0 Å². The molecule has 0 fully saturated rings. The molecule has 0 aliphatic rings. The van der Waals surface area contributed by atoms with Crippen LogP contribution in [0.5, 0.6) is 0 Å². The predicted octanol–water partition coefficient (Wildman–Crippen LogP) is 2.92. The molecule has 0 aliphatic carbocycles. The van der Waals surface area contributed by atoms with Gasteiger partial charge in [0.2, 0.25) is 0 Å². The van der Waals surface area contributed by atoms with E-state index in [1.165, 1.54) is 51.4 Å². The van der Waals surface area contributed by atoms with Gasteiger partial charge in [-0.15, -0.1) is 0 Å². The van der Waals surface area contributed by atoms with Gasteiger partial charge in [0.25, 0.3) is 0 Å². The van der Waals surface area contributed by atoms with Gasteiger partial charge >= 0.3 is 12.1 Å². The summed E-state index contributed by atoms with van der Waals surface area (Å²) in [7, 11) is 0. The molecule has 0 atom stereocenters. The van der Waals surface area contributed by atoms with E-state index in [2.05, 4.69) is 16.5 Å². The Kier molecular flexibility index (Phi) is 16.9. The van der Waals surface area contributed by atoms with E-state index in [0.717, 1.165) is 32.2 Å². The van der Waals surface area contributed by atoms with Crippen LogP contribution in [0, 0.1) is 0 Å². The van der Waals surface area contributed by atoms with E-state index in [1.54, 1.807) is 0 Å². The molecule has 0 aliphatic heterocycles. The second kappa shape index (κ2) is 18.0. The fourth-order valence-electron chi connectivity index (χ4n) is 2.45. The highest BCUT2D eigenvalue weighted by molar-refractivity contribution is 5.66. The Balaban J connectivity index is 3.00. The maximum Gasteiger partial charge on any atom is 0.420 e. The minimum atomic E-state index is -1.14. The molecule has 0 aromatic heterocycles. The molecule has 8 heteroatoms. The summed E-state index contributed by atoms with van der Waals surface area (Å²) in [6.07, 6.45) is 13.3. The first-order valence-corrected chi connectivity index (χ1v) is 9.06. The van der Waals surface area contributed by atoms with Gasteiger partial charge in [0.1, 0.15) is 0 Å². The van der Waals surface area contributed by atoms with E-state index in [4.69, 9.17) is 10.2 Å². The zero-order valence-corrected chi connectivity index (χ0v) is 14.6. The Hall–Kier alpha value is -1.38. The lowest BCUT2D eigenvalue weighted by Crippen LogP contribution is -2.52. The van der Waals surface area contributed by atoms with E-state index >= 15 is 0 Å². The maximum atomic E-state index is 10.4. The van der Waals surface area contributed by atoms with Gasteiger partial charge < -0.3 is 10.2 Å². The molecule has 0 aromatic carbocycles. The van der Waals surface area contributed by atoms with Crippen molar-refractivity contribution in [1.82, 2.24) is 21.9 Å². The van der Waals surface area contributed by atoms with Crippen molar-refractivity contribution in [2.75, 3.05) is 6.54 Å². The average molecular weight is 346 g/mol. The summed E-state index contributed by atoms with van der Waals surface area (Å²) >= 11 is 0. The van der Waals surface area contributed by atoms with Crippen molar-refractivity contribution in [3.8, 4) is 0 Å². The fourth-order valence-corrected chi connectivity index (χ4v) is 2.45. The Morgan fingerprint density at radius 1 is 0.625 bits per heavy atom. The molecule has 24 heavy (non-hydrogen) atoms. The molecule has 0 rings (SSSR count). The molecule has 0 heterocycles. The molecule has 0 radical (unpaired) electrons. The quantitative estimate of drug-likeness (QED) is 0.167. The molecule has 142 valence electrons. The number of carbonyl (C=O) groups is 2. The predicted molar refractivity (Wildman–Crippen MR) is 93.1 cm³/mol. The van der Waals surface area contributed by atoms with Crippen LogP contribution in [0.2, 0.25) is 0 Å². The molecule has 0 spiro atoms. The molecule has 1 amide bonds. The zero-order valence-electron chi connectivity index (χ0n) is 14.6. The standard InChI is InChI=1S/C16H34N4O4/c21-15(22)13-11-9-7-5-3-1-2-4-6-8-10-12-14-17-19-20-18-16(23)24/h17-20H,1-14H2,(H,21,22)(H,23,24). The second-order valence-corrected chi connectivity index (χ2v) is 5.99. The van der Waals surface area contributed by atoms with Crippen LogP contribution in [-0.4, -0.2) is 28.8 Å². The molecular weight excluding hydrogens is 312 g/mol. The minimum absolute atomic E-state index is 0.307. The van der Waals surface area contributed by atoms with Crippen LogP contribution in [-0.2, 0) is 4.79 Å². The highest BCUT2D eigenvalue weighted by Gasteiger charge is 1.97. The number of carboxylic acid groups (broad SMARTS) is 2. The van der Waals surface area contributed by atoms with Crippen molar-refractivity contribution in [2.45, 2.75) is 83.5 Å². The van der Waals surface area contributed by atoms with Gasteiger partial charge in [-0.1, -0.05) is 64.2 Å². The number of carboxylic acids is 1. The molecule has 0 aromatic rings. The molecule has 8 nitrogen and oxygen atoms in total. The van der Waals surface area contributed by atoms with Crippen LogP contribution in [0.4, 0.5) is 4.79 Å². The smallest absolute Gasteiger partial charge is 0.420 e. The fraction of sp³-hybridized carbons (Fsp3) is 0.875. The van der Waals surface area contributed by atoms with Crippen molar-refractivity contribution in [3.63, 3.8) is 0 Å². The van der Waals surface area contributed by atoms with E-state index in [-0.39, 0.29) is 0 Å². The van der Waals surface area contributed by atoms with Crippen molar-refractivity contribution in [3.05, 3.63) is 0 Å². The average Bonchev–Trinajstić information content (AvgIpc) is 2.53. The van der Waals surface area contributed by atoms with Crippen molar-refractivity contribution < 1.29 is 19.8 Å². The van der Waals surface area contributed by atoms with Gasteiger partial charge in [0, 0.05) is 13.0 Å². The van der Waals surface area contributed by atoms with Crippen LogP contribution >= 0.6 is 0 Å². The van der Waals surface area contributed by atoms with E-state index < -0.39 is 12.1 Å². The van der Waals surface area contributed by atoms with E-state index in [9.17, 15) is 9.59 Å². The molecule has 0 saturated heterocycles. The summed E-state index contributed by atoms with van der Waals surface area (Å²) in [5.41, 5.74) is 9.68. The van der Waals surface area contributed by atoms with Gasteiger partial charge in [-0.3, -0.25) is 4.79 Å². The normalized spacial score (nSPS) is 10.7. The van der Waals surface area contributed by atoms with E-state index in [0.29, 0.717) is 6.42 Å². The van der Waals surface area contributed by atoms with Crippen LogP contribution in [0.25, 0.3) is 0 Å². The third-order valence-electron chi connectivity index (χ3n) is 3.76. The SMILES string of the molecule is O=C(O)CCCCCCCCCCCCCCNNNNC(=O)O. The Morgan fingerprint density at radius 3 is 1.54 bits per heavy atom. The third-order valence-corrected chi connectivity index (χ3v) is 3.76. The lowest BCUT2D eigenvalue weighted by atomic mass is 10.0. The number of nitrogens with one attached hydrogen (secondary N) is 4. The number of amides is 1. The number of hydrogen-bond donors (Lipinski definition) is 6. The highest BCUT2D eigenvalue weighted by Crippen LogP contribution is 2.12. The van der Waals surface area contributed by atoms with Crippen LogP contribution in [0.15, 0.2) is 0 Å². The summed E-state index contributed by atoms with van der Waals surface area (Å²) in [5.74, 6) is -0.686. The van der Waals surface area contributed by atoms with Crippen LogP contribution in [0.3, 0.4) is 0 Å². The number of aliphatic carboxylic acids is 1. The van der Waals surface area contributed by atoms with Gasteiger partial charge in [-0.05, 0) is 12.8 Å². The monoisotopic (exact) mass is 346 g/mol. The summed E-state index contributed by atoms with van der Waals surface area (Å²) < 4.78 is 0. The minimum Gasteiger partial charge on any atom is -0.481 e. The van der Waals surface area contributed by atoms with Gasteiger partial charge in [0.15, 0.2) is 0 Å². The third kappa shape index (κ3) is 20.6. The first-order valence-electron chi connectivity index (χ1n) is 9.06. The number of rotatable bonds is 18. The largest absolute Gasteiger partial charge is 0.481 e. The molecular formula is C16H34N4O4. The summed E-state index contributed by atoms with van der Waals surface area (Å²) in [4.78, 5) is 20.5. The molecule has 0 unspecified atom stereocenters. The highest BCUT2D eigenvalue weighted by atomic mass is 16.4. The van der Waals surface area contributed by atoms with Crippen LogP contribution < -0.4 is 21.9 Å². The Morgan fingerprint density at radius 2 is 1.08 bits per heavy atom. The summed E-state index contributed by atoms with van der Waals surface area (Å²) in [5, 5.41) is 16.8. The Bertz CT molecular complexity index is 286. The van der Waals surface area contributed by atoms with Crippen molar-refractivity contribution in [2.24, 2.45) is 0 Å².